The molecule has 0 aromatic heterocycles. The quantitative estimate of drug-likeness (QED) is 0.651. The smallest absolute Gasteiger partial charge is 0.292 e. The summed E-state index contributed by atoms with van der Waals surface area (Å²) >= 11 is 5.86. The Morgan fingerprint density at radius 1 is 1.33 bits per heavy atom. The molecule has 0 atom stereocenters. The number of nitrogens with one attached hydrogen (secondary N) is 1. The summed E-state index contributed by atoms with van der Waals surface area (Å²) < 4.78 is 5.01. The summed E-state index contributed by atoms with van der Waals surface area (Å²) in [6.07, 6.45) is 0. The molecule has 0 aliphatic carbocycles. The lowest BCUT2D eigenvalue weighted by atomic mass is 10.2. The molecule has 110 valence electrons. The van der Waals surface area contributed by atoms with Crippen LogP contribution in [0.25, 0.3) is 0 Å². The molecule has 0 amide bonds. The van der Waals surface area contributed by atoms with Crippen LogP contribution in [0.15, 0.2) is 36.4 Å². The van der Waals surface area contributed by atoms with Crippen LogP contribution in [-0.4, -0.2) is 17.1 Å². The first-order valence-electron chi connectivity index (χ1n) is 6.05. The lowest BCUT2D eigenvalue weighted by molar-refractivity contribution is -0.384. The number of hydrogen-bond donors (Lipinski definition) is 2. The highest BCUT2D eigenvalue weighted by Gasteiger charge is 2.13. The predicted molar refractivity (Wildman–Crippen MR) is 80.1 cm³/mol. The van der Waals surface area contributed by atoms with Crippen molar-refractivity contribution < 1.29 is 14.8 Å². The number of aromatic hydroxyl groups is 1. The largest absolute Gasteiger partial charge is 0.504 e. The van der Waals surface area contributed by atoms with Crippen LogP contribution < -0.4 is 10.1 Å². The fourth-order valence-electron chi connectivity index (χ4n) is 1.84. The Kier molecular flexibility index (Phi) is 4.49. The van der Waals surface area contributed by atoms with Crippen LogP contribution in [0.5, 0.6) is 11.5 Å². The van der Waals surface area contributed by atoms with Gasteiger partial charge in [-0.05, 0) is 29.8 Å². The molecule has 0 aliphatic heterocycles. The second kappa shape index (κ2) is 6.32. The Bertz CT molecular complexity index is 676. The minimum atomic E-state index is -0.476. The number of anilines is 1. The van der Waals surface area contributed by atoms with Crippen LogP contribution in [0.3, 0.4) is 0 Å². The molecule has 0 radical (unpaired) electrons. The molecule has 6 nitrogen and oxygen atoms in total. The first-order chi connectivity index (χ1) is 10.0. The molecule has 2 rings (SSSR count). The van der Waals surface area contributed by atoms with Gasteiger partial charge in [0.1, 0.15) is 5.69 Å². The molecular formula is C14H13ClN2O4. The number of phenolic OH excluding ortho intramolecular Hbond substituents is 1. The Labute approximate surface area is 126 Å². The number of nitrogens with zero attached hydrogens (tertiary/aromatic N) is 1. The first-order valence-corrected chi connectivity index (χ1v) is 6.42. The van der Waals surface area contributed by atoms with Gasteiger partial charge in [0, 0.05) is 17.6 Å². The normalized spacial score (nSPS) is 10.2. The number of rotatable bonds is 5. The van der Waals surface area contributed by atoms with Crippen molar-refractivity contribution in [2.45, 2.75) is 6.54 Å². The number of benzene rings is 2. The van der Waals surface area contributed by atoms with Crippen molar-refractivity contribution in [2.75, 3.05) is 12.4 Å². The van der Waals surface area contributed by atoms with E-state index < -0.39 is 4.92 Å². The van der Waals surface area contributed by atoms with E-state index in [9.17, 15) is 15.2 Å². The van der Waals surface area contributed by atoms with E-state index in [0.717, 1.165) is 5.56 Å². The summed E-state index contributed by atoms with van der Waals surface area (Å²) in [5.74, 6) is 0.380. The molecule has 0 spiro atoms. The van der Waals surface area contributed by atoms with Gasteiger partial charge < -0.3 is 15.2 Å². The summed E-state index contributed by atoms with van der Waals surface area (Å²) in [6.45, 7) is 0.331. The second-order valence-corrected chi connectivity index (χ2v) is 4.71. The minimum absolute atomic E-state index is 0.0370. The van der Waals surface area contributed by atoms with Crippen LogP contribution in [0.2, 0.25) is 5.02 Å². The van der Waals surface area contributed by atoms with Gasteiger partial charge in [0.2, 0.25) is 0 Å². The Balaban J connectivity index is 2.20. The topological polar surface area (TPSA) is 84.6 Å². The highest BCUT2D eigenvalue weighted by atomic mass is 35.5. The molecule has 0 saturated heterocycles. The number of phenols is 1. The zero-order valence-electron chi connectivity index (χ0n) is 11.2. The zero-order valence-corrected chi connectivity index (χ0v) is 11.9. The predicted octanol–water partition coefficient (Wildman–Crippen LogP) is 3.57. The maximum Gasteiger partial charge on any atom is 0.292 e. The van der Waals surface area contributed by atoms with Crippen molar-refractivity contribution in [3.8, 4) is 11.5 Å². The van der Waals surface area contributed by atoms with Gasteiger partial charge in [-0.15, -0.1) is 0 Å². The Morgan fingerprint density at radius 2 is 2.10 bits per heavy atom. The lowest BCUT2D eigenvalue weighted by Gasteiger charge is -2.09. The molecule has 0 fully saturated rings. The number of nitro groups is 1. The molecule has 0 bridgehead atoms. The molecule has 21 heavy (non-hydrogen) atoms. The van der Waals surface area contributed by atoms with E-state index >= 15 is 0 Å². The molecule has 0 unspecified atom stereocenters. The van der Waals surface area contributed by atoms with E-state index in [1.807, 2.05) is 0 Å². The number of nitro benzene ring substituents is 1. The average Bonchev–Trinajstić information content (AvgIpc) is 2.46. The maximum absolute atomic E-state index is 11.0. The Hall–Kier alpha value is -2.47. The fraction of sp³-hybridized carbons (Fsp3) is 0.143. The van der Waals surface area contributed by atoms with Gasteiger partial charge in [0.25, 0.3) is 5.69 Å². The third-order valence-electron chi connectivity index (χ3n) is 2.88. The zero-order chi connectivity index (χ0) is 15.4. The van der Waals surface area contributed by atoms with E-state index in [2.05, 4.69) is 5.32 Å². The van der Waals surface area contributed by atoms with Gasteiger partial charge in [-0.25, -0.2) is 0 Å². The van der Waals surface area contributed by atoms with Crippen LogP contribution in [0.1, 0.15) is 5.56 Å². The standard InChI is InChI=1S/C14H13ClN2O4/c1-21-14-6-9(2-5-13(14)18)8-16-11-7-10(15)3-4-12(11)17(19)20/h2-7,16,18H,8H2,1H3. The number of hydrogen-bond acceptors (Lipinski definition) is 5. The van der Waals surface area contributed by atoms with Crippen LogP contribution in [0.4, 0.5) is 11.4 Å². The molecule has 2 N–H and O–H groups in total. The van der Waals surface area contributed by atoms with Crippen molar-refractivity contribution in [3.05, 3.63) is 57.1 Å². The molecule has 0 saturated carbocycles. The average molecular weight is 309 g/mol. The van der Waals surface area contributed by atoms with E-state index in [0.29, 0.717) is 23.0 Å². The Morgan fingerprint density at radius 3 is 2.76 bits per heavy atom. The maximum atomic E-state index is 11.0. The molecule has 2 aromatic rings. The monoisotopic (exact) mass is 308 g/mol. The third kappa shape index (κ3) is 3.55. The molecule has 7 heteroatoms. The van der Waals surface area contributed by atoms with Crippen molar-refractivity contribution in [1.29, 1.82) is 0 Å². The number of ether oxygens (including phenoxy) is 1. The highest BCUT2D eigenvalue weighted by Crippen LogP contribution is 2.29. The number of halogens is 1. The van der Waals surface area contributed by atoms with Crippen LogP contribution in [0, 0.1) is 10.1 Å². The first kappa shape index (κ1) is 14.9. The summed E-state index contributed by atoms with van der Waals surface area (Å²) in [5, 5.41) is 23.8. The van der Waals surface area contributed by atoms with Crippen LogP contribution in [-0.2, 0) is 6.54 Å². The number of methoxy groups -OCH3 is 1. The van der Waals surface area contributed by atoms with E-state index in [1.54, 1.807) is 12.1 Å². The third-order valence-corrected chi connectivity index (χ3v) is 3.12. The molecule has 0 heterocycles. The minimum Gasteiger partial charge on any atom is -0.504 e. The van der Waals surface area contributed by atoms with E-state index in [1.165, 1.54) is 31.4 Å². The van der Waals surface area contributed by atoms with Crippen molar-refractivity contribution in [3.63, 3.8) is 0 Å². The molecule has 0 aliphatic rings. The van der Waals surface area contributed by atoms with Crippen molar-refractivity contribution in [1.82, 2.24) is 0 Å². The van der Waals surface area contributed by atoms with Gasteiger partial charge in [-0.2, -0.15) is 0 Å². The summed E-state index contributed by atoms with van der Waals surface area (Å²) in [6, 6.07) is 9.16. The van der Waals surface area contributed by atoms with E-state index in [4.69, 9.17) is 16.3 Å². The van der Waals surface area contributed by atoms with Gasteiger partial charge >= 0.3 is 0 Å². The lowest BCUT2D eigenvalue weighted by Crippen LogP contribution is -2.03. The van der Waals surface area contributed by atoms with Gasteiger partial charge in [0.05, 0.1) is 12.0 Å². The molecular weight excluding hydrogens is 296 g/mol. The second-order valence-electron chi connectivity index (χ2n) is 4.28. The van der Waals surface area contributed by atoms with Crippen molar-refractivity contribution in [2.24, 2.45) is 0 Å². The highest BCUT2D eigenvalue weighted by molar-refractivity contribution is 6.31. The van der Waals surface area contributed by atoms with Crippen LogP contribution >= 0.6 is 11.6 Å². The summed E-state index contributed by atoms with van der Waals surface area (Å²) in [5.41, 5.74) is 1.09. The van der Waals surface area contributed by atoms with Gasteiger partial charge in [0.15, 0.2) is 11.5 Å². The fourth-order valence-corrected chi connectivity index (χ4v) is 2.01. The summed E-state index contributed by atoms with van der Waals surface area (Å²) in [7, 11) is 1.45. The SMILES string of the molecule is COc1cc(CNc2cc(Cl)ccc2[N+](=O)[O-])ccc1O. The van der Waals surface area contributed by atoms with Gasteiger partial charge in [-0.1, -0.05) is 17.7 Å². The van der Waals surface area contributed by atoms with Gasteiger partial charge in [-0.3, -0.25) is 10.1 Å². The van der Waals surface area contributed by atoms with Crippen molar-refractivity contribution >= 4 is 23.0 Å². The van der Waals surface area contributed by atoms with E-state index in [-0.39, 0.29) is 11.4 Å². The summed E-state index contributed by atoms with van der Waals surface area (Å²) in [4.78, 5) is 10.5. The molecule has 2 aromatic carbocycles.